The van der Waals surface area contributed by atoms with E-state index in [0.717, 1.165) is 0 Å². The van der Waals surface area contributed by atoms with E-state index < -0.39 is 17.7 Å². The van der Waals surface area contributed by atoms with E-state index in [-0.39, 0.29) is 23.5 Å². The largest absolute Gasteiger partial charge is 0.373 e. The number of aldehydes is 1. The van der Waals surface area contributed by atoms with Gasteiger partial charge in [0, 0.05) is 37.4 Å². The summed E-state index contributed by atoms with van der Waals surface area (Å²) in [6, 6.07) is 8.73. The van der Waals surface area contributed by atoms with Crippen molar-refractivity contribution >= 4 is 17.9 Å². The monoisotopic (exact) mass is 425 g/mol. The maximum absolute atomic E-state index is 13.3. The predicted octanol–water partition coefficient (Wildman–Crippen LogP) is 3.20. The van der Waals surface area contributed by atoms with E-state index in [1.165, 1.54) is 17.9 Å². The number of nitrogens with zero attached hydrogens (tertiary/aromatic N) is 3. The molecule has 31 heavy (non-hydrogen) atoms. The molecule has 2 unspecified atom stereocenters. The number of rotatable bonds is 7. The molecule has 1 fully saturated rings. The van der Waals surface area contributed by atoms with Crippen LogP contribution in [0.4, 0.5) is 4.39 Å². The molecule has 2 heterocycles. The normalized spacial score (nSPS) is 20.8. The van der Waals surface area contributed by atoms with Crippen molar-refractivity contribution in [2.75, 3.05) is 13.6 Å². The minimum atomic E-state index is -1.71. The third-order valence-electron chi connectivity index (χ3n) is 5.27. The Labute approximate surface area is 179 Å². The zero-order chi connectivity index (χ0) is 22.8. The molecule has 2 atom stereocenters. The second-order valence-electron chi connectivity index (χ2n) is 7.57. The van der Waals surface area contributed by atoms with Crippen molar-refractivity contribution in [1.29, 1.82) is 0 Å². The van der Waals surface area contributed by atoms with E-state index in [1.54, 1.807) is 44.3 Å². The van der Waals surface area contributed by atoms with Crippen molar-refractivity contribution < 1.29 is 23.6 Å². The number of likely N-dealkylation sites (tertiary alicyclic amines) is 1. The third-order valence-corrected chi connectivity index (χ3v) is 5.27. The number of carbonyl (C=O) groups is 2. The van der Waals surface area contributed by atoms with Gasteiger partial charge in [0.15, 0.2) is 12.0 Å². The van der Waals surface area contributed by atoms with E-state index in [2.05, 4.69) is 16.7 Å². The summed E-state index contributed by atoms with van der Waals surface area (Å²) in [7, 11) is 1.62. The number of likely N-dealkylation sites (N-methyl/N-ethyl adjacent to an activating group) is 1. The third kappa shape index (κ3) is 4.54. The summed E-state index contributed by atoms with van der Waals surface area (Å²) in [4.78, 5) is 29.3. The summed E-state index contributed by atoms with van der Waals surface area (Å²) in [5.74, 6) is -0.332. The Balaban J connectivity index is 1.89. The molecule has 1 aromatic carbocycles. The molecule has 8 heteroatoms. The Morgan fingerprint density at radius 3 is 2.81 bits per heavy atom. The minimum Gasteiger partial charge on any atom is -0.373 e. The van der Waals surface area contributed by atoms with E-state index >= 15 is 0 Å². The fourth-order valence-electron chi connectivity index (χ4n) is 3.25. The second kappa shape index (κ2) is 8.77. The number of hydrogen-bond donors (Lipinski definition) is 1. The Bertz CT molecular complexity index is 1090. The van der Waals surface area contributed by atoms with Crippen molar-refractivity contribution in [3.63, 3.8) is 0 Å². The van der Waals surface area contributed by atoms with Crippen molar-refractivity contribution in [3.8, 4) is 11.3 Å². The van der Waals surface area contributed by atoms with E-state index in [9.17, 15) is 19.1 Å². The van der Waals surface area contributed by atoms with Gasteiger partial charge in [0.05, 0.1) is 0 Å². The number of hydrogen-bond acceptors (Lipinski definition) is 6. The summed E-state index contributed by atoms with van der Waals surface area (Å²) in [6.07, 6.45) is 0.801. The van der Waals surface area contributed by atoms with Crippen molar-refractivity contribution in [1.82, 2.24) is 10.1 Å². The van der Waals surface area contributed by atoms with Gasteiger partial charge in [-0.05, 0) is 37.1 Å². The number of amides is 1. The first-order chi connectivity index (χ1) is 14.7. The highest BCUT2D eigenvalue weighted by Gasteiger charge is 2.48. The summed E-state index contributed by atoms with van der Waals surface area (Å²) < 4.78 is 18.6. The Hall–Kier alpha value is -3.39. The van der Waals surface area contributed by atoms with Crippen LogP contribution in [0.2, 0.25) is 0 Å². The highest BCUT2D eigenvalue weighted by atomic mass is 19.1. The summed E-state index contributed by atoms with van der Waals surface area (Å²) in [6.45, 7) is 7.07. The SMILES string of the molecule is C=C(/C=C(/C=O)N=C(C)c1cccc(-c2cc(C3(O)CCN(C)C3=O)on2)c1)C(C)F. The van der Waals surface area contributed by atoms with Gasteiger partial charge in [-0.25, -0.2) is 9.38 Å². The summed E-state index contributed by atoms with van der Waals surface area (Å²) in [5, 5.41) is 14.7. The molecule has 0 radical (unpaired) electrons. The second-order valence-corrected chi connectivity index (χ2v) is 7.57. The van der Waals surface area contributed by atoms with Crippen LogP contribution in [0.3, 0.4) is 0 Å². The first-order valence-electron chi connectivity index (χ1n) is 9.76. The topological polar surface area (TPSA) is 96.0 Å². The number of benzene rings is 1. The lowest BCUT2D eigenvalue weighted by Gasteiger charge is -2.16. The lowest BCUT2D eigenvalue weighted by molar-refractivity contribution is -0.144. The van der Waals surface area contributed by atoms with Crippen molar-refractivity contribution in [2.45, 2.75) is 32.0 Å². The van der Waals surface area contributed by atoms with Crippen LogP contribution in [0.25, 0.3) is 11.3 Å². The fourth-order valence-corrected chi connectivity index (χ4v) is 3.25. The quantitative estimate of drug-likeness (QED) is 0.318. The standard InChI is InChI=1S/C23H24FN3O4/c1-14(15(2)24)10-19(13-28)25-16(3)17-6-5-7-18(11-17)20-12-21(31-26-20)23(30)8-9-27(4)22(23)29/h5-7,10-13,15,30H,1,8-9H2,2-4H3/b19-10-,25-16?. The molecule has 1 aliphatic heterocycles. The fraction of sp³-hybridized carbons (Fsp3) is 0.304. The number of aliphatic hydroxyl groups is 1. The molecule has 1 saturated heterocycles. The average Bonchev–Trinajstić information content (AvgIpc) is 3.35. The lowest BCUT2D eigenvalue weighted by Crippen LogP contribution is -2.35. The van der Waals surface area contributed by atoms with E-state index in [0.29, 0.717) is 35.4 Å². The maximum Gasteiger partial charge on any atom is 0.262 e. The lowest BCUT2D eigenvalue weighted by atomic mass is 9.97. The van der Waals surface area contributed by atoms with E-state index in [4.69, 9.17) is 4.52 Å². The van der Waals surface area contributed by atoms with Gasteiger partial charge < -0.3 is 14.5 Å². The molecule has 162 valence electrons. The molecule has 3 rings (SSSR count). The van der Waals surface area contributed by atoms with Crippen LogP contribution in [0.15, 0.2) is 63.8 Å². The molecule has 7 nitrogen and oxygen atoms in total. The van der Waals surface area contributed by atoms with Crippen LogP contribution < -0.4 is 0 Å². The minimum absolute atomic E-state index is 0.0622. The Kier molecular flexibility index (Phi) is 6.31. The van der Waals surface area contributed by atoms with Gasteiger partial charge in [0.25, 0.3) is 5.91 Å². The van der Waals surface area contributed by atoms with Gasteiger partial charge in [0.1, 0.15) is 17.6 Å². The number of allylic oxidation sites excluding steroid dienone is 3. The molecule has 1 aromatic heterocycles. The van der Waals surface area contributed by atoms with Crippen LogP contribution in [0.5, 0.6) is 0 Å². The van der Waals surface area contributed by atoms with Crippen LogP contribution in [-0.2, 0) is 15.2 Å². The molecule has 2 aromatic rings. The van der Waals surface area contributed by atoms with Gasteiger partial charge in [0.2, 0.25) is 5.60 Å². The highest BCUT2D eigenvalue weighted by molar-refractivity contribution is 6.01. The van der Waals surface area contributed by atoms with Crippen LogP contribution in [0, 0.1) is 0 Å². The molecule has 1 amide bonds. The van der Waals surface area contributed by atoms with Gasteiger partial charge in [-0.1, -0.05) is 29.9 Å². The molecule has 0 spiro atoms. The first-order valence-corrected chi connectivity index (χ1v) is 9.76. The Morgan fingerprint density at radius 1 is 1.45 bits per heavy atom. The average molecular weight is 425 g/mol. The number of aliphatic imine (C=N–C) groups is 1. The zero-order valence-electron chi connectivity index (χ0n) is 17.6. The zero-order valence-corrected chi connectivity index (χ0v) is 17.6. The molecular formula is C23H24FN3O4. The highest BCUT2D eigenvalue weighted by Crippen LogP contribution is 2.34. The van der Waals surface area contributed by atoms with Gasteiger partial charge in [-0.15, -0.1) is 0 Å². The summed E-state index contributed by atoms with van der Waals surface area (Å²) in [5.41, 5.74) is 0.890. The van der Waals surface area contributed by atoms with Gasteiger partial charge in [-0.3, -0.25) is 9.59 Å². The van der Waals surface area contributed by atoms with Crippen molar-refractivity contribution in [3.05, 3.63) is 65.6 Å². The number of halogens is 1. The molecule has 0 bridgehead atoms. The molecular weight excluding hydrogens is 401 g/mol. The van der Waals surface area contributed by atoms with Gasteiger partial charge >= 0.3 is 0 Å². The van der Waals surface area contributed by atoms with Crippen LogP contribution >= 0.6 is 0 Å². The van der Waals surface area contributed by atoms with Crippen molar-refractivity contribution in [2.24, 2.45) is 4.99 Å². The number of aromatic nitrogens is 1. The number of alkyl halides is 1. The molecule has 0 aliphatic carbocycles. The van der Waals surface area contributed by atoms with E-state index in [1.807, 2.05) is 0 Å². The molecule has 1 aliphatic rings. The molecule has 1 N–H and O–H groups in total. The maximum atomic E-state index is 13.3. The first kappa shape index (κ1) is 22.3. The van der Waals surface area contributed by atoms with Crippen LogP contribution in [-0.4, -0.2) is 52.8 Å². The van der Waals surface area contributed by atoms with Crippen LogP contribution in [0.1, 0.15) is 31.6 Å². The predicted molar refractivity (Wildman–Crippen MR) is 114 cm³/mol. The smallest absolute Gasteiger partial charge is 0.262 e. The molecule has 0 saturated carbocycles. The van der Waals surface area contributed by atoms with Gasteiger partial charge in [-0.2, -0.15) is 0 Å². The summed E-state index contributed by atoms with van der Waals surface area (Å²) >= 11 is 0. The number of carbonyl (C=O) groups excluding carboxylic acids is 2. The Morgan fingerprint density at radius 2 is 2.19 bits per heavy atom.